The van der Waals surface area contributed by atoms with Crippen LogP contribution in [0.25, 0.3) is 0 Å². The van der Waals surface area contributed by atoms with Gasteiger partial charge in [0.1, 0.15) is 11.6 Å². The predicted octanol–water partition coefficient (Wildman–Crippen LogP) is 3.56. The van der Waals surface area contributed by atoms with Crippen molar-refractivity contribution in [2.75, 3.05) is 37.6 Å². The molecule has 0 radical (unpaired) electrons. The van der Waals surface area contributed by atoms with Crippen molar-refractivity contribution in [2.24, 2.45) is 4.99 Å². The first-order chi connectivity index (χ1) is 13.8. The first-order valence-corrected chi connectivity index (χ1v) is 11.2. The second kappa shape index (κ2) is 11.1. The standard InChI is InChI=1S/C20H30N6OS.HI/c1-2-18-23-20(28-24-18)26-13-11-25(12-14-26)19(22-16-6-3-4-7-16)21-10-9-17-8-5-15-27-17;/h5,8,15-16H,2-4,6-7,9-14H2,1H3,(H,21,22);1H. The molecule has 7 nitrogen and oxygen atoms in total. The molecular formula is C20H31IN6OS. The Morgan fingerprint density at radius 3 is 2.72 bits per heavy atom. The molecule has 0 aromatic carbocycles. The van der Waals surface area contributed by atoms with E-state index in [1.807, 2.05) is 12.1 Å². The van der Waals surface area contributed by atoms with E-state index >= 15 is 0 Å². The Morgan fingerprint density at radius 1 is 1.28 bits per heavy atom. The van der Waals surface area contributed by atoms with Crippen LogP contribution in [-0.4, -0.2) is 59.0 Å². The number of furan rings is 1. The Morgan fingerprint density at radius 2 is 2.07 bits per heavy atom. The van der Waals surface area contributed by atoms with Crippen LogP contribution in [0, 0.1) is 0 Å². The van der Waals surface area contributed by atoms with Gasteiger partial charge >= 0.3 is 0 Å². The molecule has 0 spiro atoms. The SMILES string of the molecule is CCc1nsc(N2CCN(C(=NCCc3ccco3)NC3CCCC3)CC2)n1.I. The molecule has 3 heterocycles. The summed E-state index contributed by atoms with van der Waals surface area (Å²) in [6, 6.07) is 4.52. The van der Waals surface area contributed by atoms with Gasteiger partial charge < -0.3 is 19.5 Å². The van der Waals surface area contributed by atoms with E-state index in [0.29, 0.717) is 6.04 Å². The molecule has 0 unspecified atom stereocenters. The maximum atomic E-state index is 5.45. The van der Waals surface area contributed by atoms with E-state index in [0.717, 1.165) is 68.2 Å². The van der Waals surface area contributed by atoms with Crippen LogP contribution in [0.5, 0.6) is 0 Å². The zero-order valence-electron chi connectivity index (χ0n) is 17.0. The molecule has 160 valence electrons. The minimum absolute atomic E-state index is 0. The Hall–Kier alpha value is -1.36. The lowest BCUT2D eigenvalue weighted by atomic mass is 10.2. The summed E-state index contributed by atoms with van der Waals surface area (Å²) in [6.45, 7) is 6.69. The molecule has 4 rings (SSSR count). The smallest absolute Gasteiger partial charge is 0.205 e. The number of nitrogens with one attached hydrogen (secondary N) is 1. The summed E-state index contributed by atoms with van der Waals surface area (Å²) in [5, 5.41) is 4.79. The Kier molecular flexibility index (Phi) is 8.58. The van der Waals surface area contributed by atoms with Crippen molar-refractivity contribution >= 4 is 46.6 Å². The van der Waals surface area contributed by atoms with Crippen molar-refractivity contribution < 1.29 is 4.42 Å². The van der Waals surface area contributed by atoms with Crippen molar-refractivity contribution in [1.29, 1.82) is 0 Å². The van der Waals surface area contributed by atoms with Gasteiger partial charge in [0.05, 0.1) is 6.26 Å². The maximum absolute atomic E-state index is 5.45. The molecule has 2 aromatic heterocycles. The molecule has 9 heteroatoms. The maximum Gasteiger partial charge on any atom is 0.205 e. The fourth-order valence-corrected chi connectivity index (χ4v) is 4.64. The summed E-state index contributed by atoms with van der Waals surface area (Å²) in [4.78, 5) is 14.3. The van der Waals surface area contributed by atoms with Gasteiger partial charge in [0.2, 0.25) is 5.13 Å². The second-order valence-corrected chi connectivity index (χ2v) is 8.21. The van der Waals surface area contributed by atoms with Gasteiger partial charge in [-0.2, -0.15) is 4.37 Å². The molecular weight excluding hydrogens is 499 g/mol. The van der Waals surface area contributed by atoms with Gasteiger partial charge in [0.25, 0.3) is 0 Å². The van der Waals surface area contributed by atoms with Crippen LogP contribution in [0.15, 0.2) is 27.8 Å². The number of piperazine rings is 1. The number of nitrogens with zero attached hydrogens (tertiary/aromatic N) is 5. The number of hydrogen-bond donors (Lipinski definition) is 1. The lowest BCUT2D eigenvalue weighted by Crippen LogP contribution is -2.54. The first kappa shape index (κ1) is 22.3. The summed E-state index contributed by atoms with van der Waals surface area (Å²) >= 11 is 1.52. The summed E-state index contributed by atoms with van der Waals surface area (Å²) in [6.07, 6.45) is 8.61. The van der Waals surface area contributed by atoms with Crippen LogP contribution in [0.4, 0.5) is 5.13 Å². The van der Waals surface area contributed by atoms with Crippen LogP contribution in [0.3, 0.4) is 0 Å². The monoisotopic (exact) mass is 530 g/mol. The molecule has 2 fully saturated rings. The highest BCUT2D eigenvalue weighted by molar-refractivity contribution is 14.0. The topological polar surface area (TPSA) is 69.8 Å². The summed E-state index contributed by atoms with van der Waals surface area (Å²) in [5.74, 6) is 3.01. The number of anilines is 1. The van der Waals surface area contributed by atoms with E-state index in [1.54, 1.807) is 6.26 Å². The summed E-state index contributed by atoms with van der Waals surface area (Å²) in [7, 11) is 0. The third-order valence-corrected chi connectivity index (χ3v) is 6.33. The third kappa shape index (κ3) is 6.07. The van der Waals surface area contributed by atoms with Gasteiger partial charge in [-0.1, -0.05) is 19.8 Å². The normalized spacial score (nSPS) is 18.2. The van der Waals surface area contributed by atoms with Gasteiger partial charge in [-0.25, -0.2) is 4.98 Å². The third-order valence-electron chi connectivity index (χ3n) is 5.51. The number of aryl methyl sites for hydroxylation is 1. The molecule has 0 amide bonds. The van der Waals surface area contributed by atoms with E-state index in [1.165, 1.54) is 37.2 Å². The summed E-state index contributed by atoms with van der Waals surface area (Å²) in [5.41, 5.74) is 0. The number of halogens is 1. The number of guanidine groups is 1. The number of aromatic nitrogens is 2. The minimum atomic E-state index is 0. The molecule has 29 heavy (non-hydrogen) atoms. The zero-order valence-corrected chi connectivity index (χ0v) is 20.2. The minimum Gasteiger partial charge on any atom is -0.469 e. The largest absolute Gasteiger partial charge is 0.469 e. The second-order valence-electron chi connectivity index (χ2n) is 7.48. The van der Waals surface area contributed by atoms with E-state index in [2.05, 4.69) is 31.4 Å². The van der Waals surface area contributed by atoms with Crippen molar-refractivity contribution in [3.63, 3.8) is 0 Å². The zero-order chi connectivity index (χ0) is 19.2. The van der Waals surface area contributed by atoms with Crippen LogP contribution in [0.1, 0.15) is 44.2 Å². The van der Waals surface area contributed by atoms with Crippen molar-refractivity contribution in [3.05, 3.63) is 30.0 Å². The lowest BCUT2D eigenvalue weighted by Gasteiger charge is -2.37. The molecule has 2 aromatic rings. The van der Waals surface area contributed by atoms with E-state index in [4.69, 9.17) is 9.41 Å². The Labute approximate surface area is 194 Å². The van der Waals surface area contributed by atoms with Crippen molar-refractivity contribution in [3.8, 4) is 0 Å². The fraction of sp³-hybridized carbons (Fsp3) is 0.650. The number of rotatable bonds is 6. The fourth-order valence-electron chi connectivity index (χ4n) is 3.84. The van der Waals surface area contributed by atoms with Gasteiger partial charge in [0.15, 0.2) is 5.96 Å². The average Bonchev–Trinajstić information content (AvgIpc) is 3.49. The predicted molar refractivity (Wildman–Crippen MR) is 129 cm³/mol. The lowest BCUT2D eigenvalue weighted by molar-refractivity contribution is 0.365. The van der Waals surface area contributed by atoms with E-state index < -0.39 is 0 Å². The van der Waals surface area contributed by atoms with Crippen LogP contribution < -0.4 is 10.2 Å². The van der Waals surface area contributed by atoms with Gasteiger partial charge in [-0.05, 0) is 25.0 Å². The van der Waals surface area contributed by atoms with Crippen molar-refractivity contribution in [2.45, 2.75) is 51.5 Å². The molecule has 1 aliphatic carbocycles. The van der Waals surface area contributed by atoms with Gasteiger partial charge in [-0.3, -0.25) is 4.99 Å². The highest BCUT2D eigenvalue weighted by atomic mass is 127. The highest BCUT2D eigenvalue weighted by Gasteiger charge is 2.24. The average molecular weight is 530 g/mol. The highest BCUT2D eigenvalue weighted by Crippen LogP contribution is 2.21. The summed E-state index contributed by atoms with van der Waals surface area (Å²) < 4.78 is 9.87. The molecule has 1 aliphatic heterocycles. The van der Waals surface area contributed by atoms with Crippen LogP contribution >= 0.6 is 35.5 Å². The van der Waals surface area contributed by atoms with Gasteiger partial charge in [-0.15, -0.1) is 24.0 Å². The number of hydrogen-bond acceptors (Lipinski definition) is 6. The van der Waals surface area contributed by atoms with E-state index in [-0.39, 0.29) is 24.0 Å². The first-order valence-electron chi connectivity index (χ1n) is 10.5. The molecule has 2 aliphatic rings. The molecule has 1 saturated heterocycles. The number of aliphatic imine (C=N–C) groups is 1. The van der Waals surface area contributed by atoms with E-state index in [9.17, 15) is 0 Å². The molecule has 1 N–H and O–H groups in total. The van der Waals surface area contributed by atoms with Crippen LogP contribution in [-0.2, 0) is 12.8 Å². The van der Waals surface area contributed by atoms with Crippen molar-refractivity contribution in [1.82, 2.24) is 19.6 Å². The molecule has 0 atom stereocenters. The molecule has 1 saturated carbocycles. The van der Waals surface area contributed by atoms with Crippen LogP contribution in [0.2, 0.25) is 0 Å². The molecule has 0 bridgehead atoms. The Balaban J connectivity index is 0.00000240. The van der Waals surface area contributed by atoms with Gasteiger partial charge in [0, 0.05) is 63.1 Å². The Bertz CT molecular complexity index is 751. The quantitative estimate of drug-likeness (QED) is 0.350.